The Morgan fingerprint density at radius 2 is 1.85 bits per heavy atom. The van der Waals surface area contributed by atoms with Crippen molar-refractivity contribution >= 4 is 45.4 Å². The zero-order valence-corrected chi connectivity index (χ0v) is 15.6. The number of phenols is 1. The maximum absolute atomic E-state index is 12.9. The van der Waals surface area contributed by atoms with E-state index in [9.17, 15) is 9.90 Å². The lowest BCUT2D eigenvalue weighted by Gasteiger charge is -2.12. The number of hydrogen-bond acceptors (Lipinski definition) is 4. The number of thioether (sulfide) groups is 1. The molecule has 0 atom stereocenters. The molecule has 27 heavy (non-hydrogen) atoms. The lowest BCUT2D eigenvalue weighted by molar-refractivity contribution is -0.122. The molecule has 0 radical (unpaired) electrons. The van der Waals surface area contributed by atoms with Gasteiger partial charge in [-0.3, -0.25) is 9.69 Å². The number of nitrogens with zero attached hydrogens (tertiary/aromatic N) is 2. The Hall–Kier alpha value is -3.05. The van der Waals surface area contributed by atoms with E-state index in [1.165, 1.54) is 11.8 Å². The monoisotopic (exact) mass is 374 g/mol. The molecule has 1 aliphatic heterocycles. The van der Waals surface area contributed by atoms with Crippen LogP contribution >= 0.6 is 11.8 Å². The summed E-state index contributed by atoms with van der Waals surface area (Å²) in [4.78, 5) is 19.7. The van der Waals surface area contributed by atoms with Crippen LogP contribution in [0.3, 0.4) is 0 Å². The minimum Gasteiger partial charge on any atom is -0.508 e. The van der Waals surface area contributed by atoms with E-state index in [-0.39, 0.29) is 11.7 Å². The van der Waals surface area contributed by atoms with E-state index in [2.05, 4.69) is 23.2 Å². The van der Waals surface area contributed by atoms with Crippen LogP contribution in [-0.2, 0) is 4.79 Å². The number of likely N-dealkylation sites (N-methyl/N-ethyl adjacent to an activating group) is 1. The summed E-state index contributed by atoms with van der Waals surface area (Å²) in [6, 6.07) is 20.9. The Labute approximate surface area is 161 Å². The van der Waals surface area contributed by atoms with Gasteiger partial charge in [-0.15, -0.1) is 0 Å². The second-order valence-electron chi connectivity index (χ2n) is 6.14. The van der Waals surface area contributed by atoms with Crippen LogP contribution in [0.2, 0.25) is 0 Å². The lowest BCUT2D eigenvalue weighted by Crippen LogP contribution is -2.28. The number of carbonyl (C=O) groups excluding carboxylic acids is 1. The molecule has 0 saturated carbocycles. The number of amidine groups is 1. The van der Waals surface area contributed by atoms with Crippen molar-refractivity contribution in [2.24, 2.45) is 4.99 Å². The third-order valence-corrected chi connectivity index (χ3v) is 5.38. The molecule has 134 valence electrons. The number of carbonyl (C=O) groups is 1. The summed E-state index contributed by atoms with van der Waals surface area (Å²) in [6.45, 7) is 2.47. The summed E-state index contributed by atoms with van der Waals surface area (Å²) >= 11 is 1.36. The molecule has 1 saturated heterocycles. The van der Waals surface area contributed by atoms with Crippen LogP contribution in [0.1, 0.15) is 12.5 Å². The van der Waals surface area contributed by atoms with Gasteiger partial charge in [-0.25, -0.2) is 4.99 Å². The van der Waals surface area contributed by atoms with Gasteiger partial charge in [0.1, 0.15) is 5.75 Å². The van der Waals surface area contributed by atoms with Gasteiger partial charge in [0, 0.05) is 12.6 Å². The molecule has 1 N–H and O–H groups in total. The van der Waals surface area contributed by atoms with Crippen molar-refractivity contribution in [3.63, 3.8) is 0 Å². The Morgan fingerprint density at radius 1 is 1.07 bits per heavy atom. The Balaban J connectivity index is 1.74. The van der Waals surface area contributed by atoms with Crippen LogP contribution in [0, 0.1) is 0 Å². The summed E-state index contributed by atoms with van der Waals surface area (Å²) in [7, 11) is 0. The molecular formula is C22H18N2O2S. The summed E-state index contributed by atoms with van der Waals surface area (Å²) in [6.07, 6.45) is 1.93. The first-order valence-electron chi connectivity index (χ1n) is 8.72. The molecule has 1 heterocycles. The average molecular weight is 374 g/mol. The maximum Gasteiger partial charge on any atom is 0.266 e. The highest BCUT2D eigenvalue weighted by Crippen LogP contribution is 2.35. The number of rotatable bonds is 3. The number of benzene rings is 3. The van der Waals surface area contributed by atoms with Crippen molar-refractivity contribution in [2.75, 3.05) is 6.54 Å². The van der Waals surface area contributed by atoms with Gasteiger partial charge >= 0.3 is 0 Å². The predicted molar refractivity (Wildman–Crippen MR) is 112 cm³/mol. The molecule has 1 amide bonds. The van der Waals surface area contributed by atoms with Gasteiger partial charge in [-0.1, -0.05) is 48.5 Å². The van der Waals surface area contributed by atoms with E-state index in [4.69, 9.17) is 0 Å². The number of fused-ring (bicyclic) bond motifs is 1. The van der Waals surface area contributed by atoms with Crippen LogP contribution in [0.25, 0.3) is 16.8 Å². The van der Waals surface area contributed by atoms with Crippen molar-refractivity contribution in [2.45, 2.75) is 6.92 Å². The lowest BCUT2D eigenvalue weighted by atomic mass is 10.0. The molecule has 1 fully saturated rings. The van der Waals surface area contributed by atoms with Crippen molar-refractivity contribution in [3.8, 4) is 5.75 Å². The van der Waals surface area contributed by atoms with Gasteiger partial charge < -0.3 is 5.11 Å². The molecule has 0 aliphatic carbocycles. The van der Waals surface area contributed by atoms with Gasteiger partial charge in [-0.05, 0) is 53.2 Å². The molecule has 1 aliphatic rings. The van der Waals surface area contributed by atoms with Crippen LogP contribution in [-0.4, -0.2) is 27.6 Å². The zero-order valence-electron chi connectivity index (χ0n) is 14.8. The third-order valence-electron chi connectivity index (χ3n) is 4.37. The fourth-order valence-corrected chi connectivity index (χ4v) is 4.11. The van der Waals surface area contributed by atoms with Crippen molar-refractivity contribution in [1.29, 1.82) is 0 Å². The normalized spacial score (nSPS) is 17.4. The van der Waals surface area contributed by atoms with Gasteiger partial charge in [0.25, 0.3) is 5.91 Å². The predicted octanol–water partition coefficient (Wildman–Crippen LogP) is 5.17. The largest absolute Gasteiger partial charge is 0.508 e. The molecule has 0 bridgehead atoms. The smallest absolute Gasteiger partial charge is 0.266 e. The van der Waals surface area contributed by atoms with Crippen LogP contribution in [0.4, 0.5) is 5.69 Å². The van der Waals surface area contributed by atoms with Gasteiger partial charge in [0.15, 0.2) is 5.17 Å². The minimum atomic E-state index is -0.0469. The van der Waals surface area contributed by atoms with Crippen molar-refractivity contribution in [1.82, 2.24) is 4.90 Å². The maximum atomic E-state index is 12.9. The number of hydrogen-bond donors (Lipinski definition) is 1. The highest BCUT2D eigenvalue weighted by atomic mass is 32.2. The number of aromatic hydroxyl groups is 1. The first-order chi connectivity index (χ1) is 13.2. The standard InChI is InChI=1S/C22H18N2O2S/c1-2-24-21(26)20(27-22(24)23-17-10-6-11-18(25)14-17)13-16-9-5-8-15-7-3-4-12-19(15)16/h3-14,25H,2H2,1H3/b20-13-,23-22?. The first kappa shape index (κ1) is 17.4. The van der Waals surface area contributed by atoms with E-state index in [1.54, 1.807) is 29.2 Å². The summed E-state index contributed by atoms with van der Waals surface area (Å²) < 4.78 is 0. The molecule has 0 unspecified atom stereocenters. The molecule has 0 aromatic heterocycles. The highest BCUT2D eigenvalue weighted by Gasteiger charge is 2.32. The van der Waals surface area contributed by atoms with Crippen LogP contribution < -0.4 is 0 Å². The van der Waals surface area contributed by atoms with Crippen LogP contribution in [0.15, 0.2) is 76.6 Å². The van der Waals surface area contributed by atoms with Crippen molar-refractivity contribution in [3.05, 3.63) is 77.2 Å². The topological polar surface area (TPSA) is 52.9 Å². The van der Waals surface area contributed by atoms with Gasteiger partial charge in [-0.2, -0.15) is 0 Å². The Morgan fingerprint density at radius 3 is 2.67 bits per heavy atom. The molecule has 4 rings (SSSR count). The Bertz CT molecular complexity index is 1080. The molecule has 3 aromatic rings. The minimum absolute atomic E-state index is 0.0469. The van der Waals surface area contributed by atoms with Gasteiger partial charge in [0.2, 0.25) is 0 Å². The van der Waals surface area contributed by atoms with Gasteiger partial charge in [0.05, 0.1) is 10.6 Å². The average Bonchev–Trinajstić information content (AvgIpc) is 2.96. The van der Waals surface area contributed by atoms with E-state index in [1.807, 2.05) is 37.3 Å². The fourth-order valence-electron chi connectivity index (χ4n) is 3.06. The molecule has 4 nitrogen and oxygen atoms in total. The second-order valence-corrected chi connectivity index (χ2v) is 7.15. The zero-order chi connectivity index (χ0) is 18.8. The molecule has 3 aromatic carbocycles. The van der Waals surface area contributed by atoms with E-state index < -0.39 is 0 Å². The fraction of sp³-hybridized carbons (Fsp3) is 0.0909. The summed E-state index contributed by atoms with van der Waals surface area (Å²) in [5.41, 5.74) is 1.63. The number of aliphatic imine (C=N–C) groups is 1. The number of phenolic OH excluding ortho intramolecular Hbond substituents is 1. The van der Waals surface area contributed by atoms with E-state index >= 15 is 0 Å². The molecule has 0 spiro atoms. The second kappa shape index (κ2) is 7.29. The van der Waals surface area contributed by atoms with Crippen LogP contribution in [0.5, 0.6) is 5.75 Å². The molecular weight excluding hydrogens is 356 g/mol. The SMILES string of the molecule is CCN1C(=O)/C(=C/c2cccc3ccccc23)SC1=Nc1cccc(O)c1. The highest BCUT2D eigenvalue weighted by molar-refractivity contribution is 8.18. The quantitative estimate of drug-likeness (QED) is 0.644. The Kier molecular flexibility index (Phi) is 4.69. The summed E-state index contributed by atoms with van der Waals surface area (Å²) in [5, 5.41) is 12.5. The van der Waals surface area contributed by atoms with E-state index in [0.29, 0.717) is 22.3 Å². The van der Waals surface area contributed by atoms with Crippen molar-refractivity contribution < 1.29 is 9.90 Å². The van der Waals surface area contributed by atoms with E-state index in [0.717, 1.165) is 16.3 Å². The first-order valence-corrected chi connectivity index (χ1v) is 9.54. The molecule has 5 heteroatoms. The number of amides is 1. The third kappa shape index (κ3) is 3.46. The summed E-state index contributed by atoms with van der Waals surface area (Å²) in [5.74, 6) is 0.107.